The van der Waals surface area contributed by atoms with Gasteiger partial charge in [0.1, 0.15) is 5.69 Å². The first-order valence-electron chi connectivity index (χ1n) is 5.77. The maximum absolute atomic E-state index is 11.9. The number of hydrogen-bond acceptors (Lipinski definition) is 5. The molecule has 2 amide bonds. The Morgan fingerprint density at radius 3 is 2.85 bits per heavy atom. The van der Waals surface area contributed by atoms with Crippen LogP contribution < -0.4 is 10.6 Å². The van der Waals surface area contributed by atoms with E-state index in [1.54, 1.807) is 6.07 Å². The molecule has 1 aromatic carbocycles. The van der Waals surface area contributed by atoms with Gasteiger partial charge in [0, 0.05) is 19.0 Å². The SMILES string of the molecule is N#Cc1ccc(NC(=O)C2CNC(=O)C2)c([N+](=O)[O-])c1. The third-order valence-electron chi connectivity index (χ3n) is 2.93. The number of nitriles is 1. The molecule has 1 aliphatic heterocycles. The van der Waals surface area contributed by atoms with Crippen LogP contribution in [0.3, 0.4) is 0 Å². The van der Waals surface area contributed by atoms with Crippen LogP contribution >= 0.6 is 0 Å². The molecule has 8 heteroatoms. The minimum Gasteiger partial charge on any atom is -0.355 e. The number of benzene rings is 1. The van der Waals surface area contributed by atoms with Crippen molar-refractivity contribution in [1.29, 1.82) is 5.26 Å². The molecule has 1 fully saturated rings. The Kier molecular flexibility index (Phi) is 3.61. The highest BCUT2D eigenvalue weighted by molar-refractivity contribution is 5.98. The summed E-state index contributed by atoms with van der Waals surface area (Å²) >= 11 is 0. The van der Waals surface area contributed by atoms with E-state index in [0.29, 0.717) is 0 Å². The molecule has 2 N–H and O–H groups in total. The van der Waals surface area contributed by atoms with Crippen LogP contribution in [0.4, 0.5) is 11.4 Å². The van der Waals surface area contributed by atoms with Crippen LogP contribution in [0.2, 0.25) is 0 Å². The van der Waals surface area contributed by atoms with Gasteiger partial charge in [-0.25, -0.2) is 0 Å². The predicted molar refractivity (Wildman–Crippen MR) is 67.6 cm³/mol. The lowest BCUT2D eigenvalue weighted by molar-refractivity contribution is -0.384. The van der Waals surface area contributed by atoms with Crippen LogP contribution in [0.5, 0.6) is 0 Å². The van der Waals surface area contributed by atoms with Crippen molar-refractivity contribution < 1.29 is 14.5 Å². The second kappa shape index (κ2) is 5.36. The van der Waals surface area contributed by atoms with Gasteiger partial charge in [0.05, 0.1) is 22.5 Å². The molecule has 102 valence electrons. The van der Waals surface area contributed by atoms with Crippen molar-refractivity contribution in [3.05, 3.63) is 33.9 Å². The molecule has 0 spiro atoms. The number of anilines is 1. The summed E-state index contributed by atoms with van der Waals surface area (Å²) in [6.45, 7) is 0.217. The van der Waals surface area contributed by atoms with Crippen LogP contribution in [0.25, 0.3) is 0 Å². The molecule has 0 saturated carbocycles. The maximum atomic E-state index is 11.9. The number of rotatable bonds is 3. The van der Waals surface area contributed by atoms with Gasteiger partial charge in [0.15, 0.2) is 0 Å². The quantitative estimate of drug-likeness (QED) is 0.614. The largest absolute Gasteiger partial charge is 0.355 e. The Morgan fingerprint density at radius 2 is 2.30 bits per heavy atom. The molecular weight excluding hydrogens is 264 g/mol. The number of nitrogens with one attached hydrogen (secondary N) is 2. The maximum Gasteiger partial charge on any atom is 0.294 e. The minimum absolute atomic E-state index is 0.0124. The number of hydrogen-bond donors (Lipinski definition) is 2. The van der Waals surface area contributed by atoms with Gasteiger partial charge in [-0.15, -0.1) is 0 Å². The van der Waals surface area contributed by atoms with E-state index in [9.17, 15) is 19.7 Å². The number of nitrogens with zero attached hydrogens (tertiary/aromatic N) is 2. The fourth-order valence-corrected chi connectivity index (χ4v) is 1.88. The molecule has 2 rings (SSSR count). The van der Waals surface area contributed by atoms with Gasteiger partial charge < -0.3 is 10.6 Å². The highest BCUT2D eigenvalue weighted by Crippen LogP contribution is 2.26. The Morgan fingerprint density at radius 1 is 1.55 bits per heavy atom. The van der Waals surface area contributed by atoms with Crippen LogP contribution in [-0.4, -0.2) is 23.3 Å². The highest BCUT2D eigenvalue weighted by atomic mass is 16.6. The summed E-state index contributed by atoms with van der Waals surface area (Å²) in [5.41, 5.74) is -0.208. The van der Waals surface area contributed by atoms with Gasteiger partial charge >= 0.3 is 0 Å². The molecule has 1 saturated heterocycles. The summed E-state index contributed by atoms with van der Waals surface area (Å²) < 4.78 is 0. The minimum atomic E-state index is -0.672. The van der Waals surface area contributed by atoms with E-state index in [1.807, 2.05) is 0 Å². The Hall–Kier alpha value is -2.95. The topological polar surface area (TPSA) is 125 Å². The van der Waals surface area contributed by atoms with Crippen molar-refractivity contribution in [2.45, 2.75) is 6.42 Å². The molecule has 0 radical (unpaired) electrons. The second-order valence-electron chi connectivity index (χ2n) is 4.30. The predicted octanol–water partition coefficient (Wildman–Crippen LogP) is 0.541. The van der Waals surface area contributed by atoms with Crippen LogP contribution in [-0.2, 0) is 9.59 Å². The van der Waals surface area contributed by atoms with Crippen LogP contribution in [0.1, 0.15) is 12.0 Å². The number of carbonyl (C=O) groups excluding carboxylic acids is 2. The number of amides is 2. The van der Waals surface area contributed by atoms with Gasteiger partial charge in [-0.1, -0.05) is 0 Å². The normalized spacial score (nSPS) is 17.1. The zero-order valence-electron chi connectivity index (χ0n) is 10.3. The van der Waals surface area contributed by atoms with Crippen molar-refractivity contribution in [2.75, 3.05) is 11.9 Å². The third kappa shape index (κ3) is 2.72. The van der Waals surface area contributed by atoms with E-state index in [0.717, 1.165) is 6.07 Å². The van der Waals surface area contributed by atoms with Crippen LogP contribution in [0.15, 0.2) is 18.2 Å². The van der Waals surface area contributed by atoms with Crippen molar-refractivity contribution in [3.63, 3.8) is 0 Å². The molecular formula is C12H10N4O4. The summed E-state index contributed by atoms with van der Waals surface area (Å²) in [5, 5.41) is 24.6. The molecule has 0 aliphatic carbocycles. The third-order valence-corrected chi connectivity index (χ3v) is 2.93. The first-order valence-corrected chi connectivity index (χ1v) is 5.77. The zero-order valence-corrected chi connectivity index (χ0v) is 10.3. The average Bonchev–Trinajstić information content (AvgIpc) is 2.85. The van der Waals surface area contributed by atoms with E-state index in [-0.39, 0.29) is 35.8 Å². The first kappa shape index (κ1) is 13.5. The van der Waals surface area contributed by atoms with Gasteiger partial charge in [0.25, 0.3) is 5.69 Å². The van der Waals surface area contributed by atoms with Crippen molar-refractivity contribution in [3.8, 4) is 6.07 Å². The lowest BCUT2D eigenvalue weighted by Crippen LogP contribution is -2.25. The summed E-state index contributed by atoms with van der Waals surface area (Å²) in [4.78, 5) is 33.2. The van der Waals surface area contributed by atoms with Gasteiger partial charge in [-0.3, -0.25) is 19.7 Å². The van der Waals surface area contributed by atoms with Crippen molar-refractivity contribution >= 4 is 23.2 Å². The highest BCUT2D eigenvalue weighted by Gasteiger charge is 2.29. The van der Waals surface area contributed by atoms with Crippen molar-refractivity contribution in [1.82, 2.24) is 5.32 Å². The van der Waals surface area contributed by atoms with Gasteiger partial charge in [-0.2, -0.15) is 5.26 Å². The van der Waals surface area contributed by atoms with Crippen LogP contribution in [0, 0.1) is 27.4 Å². The average molecular weight is 274 g/mol. The molecule has 1 atom stereocenters. The summed E-state index contributed by atoms with van der Waals surface area (Å²) in [7, 11) is 0. The number of carbonyl (C=O) groups is 2. The van der Waals surface area contributed by atoms with E-state index >= 15 is 0 Å². The molecule has 20 heavy (non-hydrogen) atoms. The van der Waals surface area contributed by atoms with E-state index in [4.69, 9.17) is 5.26 Å². The zero-order chi connectivity index (χ0) is 14.7. The molecule has 1 aromatic rings. The lowest BCUT2D eigenvalue weighted by Gasteiger charge is -2.09. The molecule has 1 unspecified atom stereocenters. The Bertz CT molecular complexity index is 635. The van der Waals surface area contributed by atoms with E-state index in [1.165, 1.54) is 12.1 Å². The first-order chi connectivity index (χ1) is 9.51. The smallest absolute Gasteiger partial charge is 0.294 e. The fraction of sp³-hybridized carbons (Fsp3) is 0.250. The molecule has 0 aromatic heterocycles. The van der Waals surface area contributed by atoms with Gasteiger partial charge in [-0.05, 0) is 12.1 Å². The summed E-state index contributed by atoms with van der Waals surface area (Å²) in [5.74, 6) is -1.23. The van der Waals surface area contributed by atoms with E-state index < -0.39 is 16.7 Å². The second-order valence-corrected chi connectivity index (χ2v) is 4.30. The molecule has 0 bridgehead atoms. The van der Waals surface area contributed by atoms with Gasteiger partial charge in [0.2, 0.25) is 11.8 Å². The summed E-state index contributed by atoms with van der Waals surface area (Å²) in [6, 6.07) is 5.56. The molecule has 8 nitrogen and oxygen atoms in total. The fourth-order valence-electron chi connectivity index (χ4n) is 1.88. The molecule has 1 aliphatic rings. The Labute approximate surface area is 113 Å². The Balaban J connectivity index is 2.21. The molecule has 1 heterocycles. The number of nitro benzene ring substituents is 1. The van der Waals surface area contributed by atoms with E-state index in [2.05, 4.69) is 10.6 Å². The van der Waals surface area contributed by atoms with Crippen molar-refractivity contribution in [2.24, 2.45) is 5.92 Å². The monoisotopic (exact) mass is 274 g/mol. The lowest BCUT2D eigenvalue weighted by atomic mass is 10.1. The standard InChI is InChI=1S/C12H10N4O4/c13-5-7-1-2-9(10(3-7)16(19)20)15-12(18)8-4-11(17)14-6-8/h1-3,8H,4,6H2,(H,14,17)(H,15,18). The summed E-state index contributed by atoms with van der Waals surface area (Å²) in [6.07, 6.45) is 0.0654. The number of nitro groups is 1.